The zero-order chi connectivity index (χ0) is 11.9. The van der Waals surface area contributed by atoms with E-state index in [2.05, 4.69) is 0 Å². The van der Waals surface area contributed by atoms with Gasteiger partial charge in [0.05, 0.1) is 5.56 Å². The van der Waals surface area contributed by atoms with Crippen LogP contribution in [0.25, 0.3) is 0 Å². The second kappa shape index (κ2) is 3.77. The van der Waals surface area contributed by atoms with Crippen LogP contribution in [0.5, 0.6) is 0 Å². The van der Waals surface area contributed by atoms with Crippen molar-refractivity contribution < 1.29 is 13.2 Å². The zero-order valence-electron chi connectivity index (χ0n) is 8.96. The zero-order valence-corrected chi connectivity index (χ0v) is 8.96. The van der Waals surface area contributed by atoms with Crippen LogP contribution in [-0.2, 0) is 6.18 Å². The fourth-order valence-electron chi connectivity index (χ4n) is 2.12. The molecule has 0 heterocycles. The van der Waals surface area contributed by atoms with Gasteiger partial charge in [0, 0.05) is 6.04 Å². The van der Waals surface area contributed by atoms with Gasteiger partial charge in [-0.05, 0) is 36.8 Å². The summed E-state index contributed by atoms with van der Waals surface area (Å²) in [5, 5.41) is 0. The van der Waals surface area contributed by atoms with Gasteiger partial charge < -0.3 is 5.73 Å². The van der Waals surface area contributed by atoms with E-state index in [-0.39, 0.29) is 12.0 Å². The number of hydrogen-bond acceptors (Lipinski definition) is 1. The molecule has 0 aromatic heterocycles. The summed E-state index contributed by atoms with van der Waals surface area (Å²) in [6, 6.07) is 5.62. The highest BCUT2D eigenvalue weighted by Crippen LogP contribution is 2.49. The van der Waals surface area contributed by atoms with Crippen LogP contribution in [0.3, 0.4) is 0 Å². The summed E-state index contributed by atoms with van der Waals surface area (Å²) >= 11 is 0. The first-order valence-corrected chi connectivity index (χ1v) is 5.32. The Kier molecular flexibility index (Phi) is 2.70. The molecule has 0 spiro atoms. The average Bonchev–Trinajstić information content (AvgIpc) is 2.96. The Morgan fingerprint density at radius 1 is 1.38 bits per heavy atom. The molecule has 1 aromatic rings. The van der Waals surface area contributed by atoms with Crippen molar-refractivity contribution in [3.63, 3.8) is 0 Å². The van der Waals surface area contributed by atoms with Crippen molar-refractivity contribution in [2.24, 2.45) is 11.7 Å². The number of rotatable bonds is 2. The van der Waals surface area contributed by atoms with Gasteiger partial charge in [0.2, 0.25) is 0 Å². The van der Waals surface area contributed by atoms with Crippen molar-refractivity contribution in [3.05, 3.63) is 35.4 Å². The lowest BCUT2D eigenvalue weighted by molar-refractivity contribution is -0.137. The quantitative estimate of drug-likeness (QED) is 0.828. The van der Waals surface area contributed by atoms with Gasteiger partial charge in [0.25, 0.3) is 0 Å². The number of nitrogens with two attached hydrogens (primary N) is 1. The van der Waals surface area contributed by atoms with Gasteiger partial charge in [-0.15, -0.1) is 0 Å². The van der Waals surface area contributed by atoms with Crippen molar-refractivity contribution in [2.75, 3.05) is 0 Å². The van der Waals surface area contributed by atoms with E-state index in [4.69, 9.17) is 5.73 Å². The number of hydrogen-bond donors (Lipinski definition) is 1. The molecule has 2 rings (SSSR count). The number of benzene rings is 1. The fourth-order valence-corrected chi connectivity index (χ4v) is 2.12. The van der Waals surface area contributed by atoms with Gasteiger partial charge in [-0.3, -0.25) is 0 Å². The Hall–Kier alpha value is -1.03. The first-order valence-electron chi connectivity index (χ1n) is 5.32. The molecule has 0 saturated heterocycles. The van der Waals surface area contributed by atoms with Crippen molar-refractivity contribution >= 4 is 0 Å². The molecule has 0 unspecified atom stereocenters. The van der Waals surface area contributed by atoms with Gasteiger partial charge in [0.15, 0.2) is 0 Å². The minimum atomic E-state index is -4.26. The molecular formula is C12H14F3N. The standard InChI is InChI=1S/C12H14F3N/c1-7(16)10-6-11(10)8-3-2-4-9(5-8)12(13,14)15/h2-5,7,10-11H,6,16H2,1H3/t7-,10-,11-/m0/s1. The lowest BCUT2D eigenvalue weighted by Crippen LogP contribution is -2.18. The molecule has 2 N–H and O–H groups in total. The van der Waals surface area contributed by atoms with E-state index in [9.17, 15) is 13.2 Å². The summed E-state index contributed by atoms with van der Waals surface area (Å²) in [5.41, 5.74) is 5.92. The highest BCUT2D eigenvalue weighted by atomic mass is 19.4. The van der Waals surface area contributed by atoms with Crippen LogP contribution in [-0.4, -0.2) is 6.04 Å². The van der Waals surface area contributed by atoms with E-state index in [0.717, 1.165) is 18.1 Å². The van der Waals surface area contributed by atoms with Crippen molar-refractivity contribution in [1.29, 1.82) is 0 Å². The molecule has 1 nitrogen and oxygen atoms in total. The molecular weight excluding hydrogens is 215 g/mol. The summed E-state index contributed by atoms with van der Waals surface area (Å²) in [6.45, 7) is 1.90. The van der Waals surface area contributed by atoms with Crippen LogP contribution in [0.4, 0.5) is 13.2 Å². The van der Waals surface area contributed by atoms with Crippen molar-refractivity contribution in [3.8, 4) is 0 Å². The van der Waals surface area contributed by atoms with Crippen LogP contribution in [0.2, 0.25) is 0 Å². The molecule has 1 aliphatic rings. The highest BCUT2D eigenvalue weighted by Gasteiger charge is 2.41. The van der Waals surface area contributed by atoms with E-state index >= 15 is 0 Å². The molecule has 1 aromatic carbocycles. The first kappa shape index (κ1) is 11.5. The van der Waals surface area contributed by atoms with Crippen LogP contribution >= 0.6 is 0 Å². The molecule has 1 fully saturated rings. The summed E-state index contributed by atoms with van der Waals surface area (Å²) < 4.78 is 37.4. The molecule has 1 aliphatic carbocycles. The Bertz CT molecular complexity index is 384. The molecule has 0 bridgehead atoms. The second-order valence-corrected chi connectivity index (χ2v) is 4.49. The van der Waals surface area contributed by atoms with Gasteiger partial charge in [0.1, 0.15) is 0 Å². The molecule has 0 radical (unpaired) electrons. The largest absolute Gasteiger partial charge is 0.416 e. The van der Waals surface area contributed by atoms with Gasteiger partial charge in [-0.2, -0.15) is 13.2 Å². The predicted molar refractivity (Wildman–Crippen MR) is 55.9 cm³/mol. The van der Waals surface area contributed by atoms with E-state index in [0.29, 0.717) is 5.92 Å². The molecule has 0 amide bonds. The normalized spacial score (nSPS) is 26.6. The molecule has 16 heavy (non-hydrogen) atoms. The average molecular weight is 229 g/mol. The third-order valence-electron chi connectivity index (χ3n) is 3.16. The Morgan fingerprint density at radius 2 is 2.06 bits per heavy atom. The molecule has 3 atom stereocenters. The molecule has 0 aliphatic heterocycles. The third kappa shape index (κ3) is 2.21. The van der Waals surface area contributed by atoms with Gasteiger partial charge >= 0.3 is 6.18 Å². The SMILES string of the molecule is C[C@H](N)[C@@H]1C[C@H]1c1cccc(C(F)(F)F)c1. The van der Waals surface area contributed by atoms with Crippen LogP contribution in [0.15, 0.2) is 24.3 Å². The summed E-state index contributed by atoms with van der Waals surface area (Å²) in [6.07, 6.45) is -3.35. The highest BCUT2D eigenvalue weighted by molar-refractivity contribution is 5.32. The minimum Gasteiger partial charge on any atom is -0.328 e. The summed E-state index contributed by atoms with van der Waals surface area (Å²) in [4.78, 5) is 0. The fraction of sp³-hybridized carbons (Fsp3) is 0.500. The van der Waals surface area contributed by atoms with Crippen LogP contribution in [0, 0.1) is 5.92 Å². The maximum Gasteiger partial charge on any atom is 0.416 e. The maximum absolute atomic E-state index is 12.5. The minimum absolute atomic E-state index is 0.0551. The van der Waals surface area contributed by atoms with Crippen LogP contribution in [0.1, 0.15) is 30.4 Å². The lowest BCUT2D eigenvalue weighted by atomic mass is 10.0. The molecule has 4 heteroatoms. The molecule has 88 valence electrons. The maximum atomic E-state index is 12.5. The Balaban J connectivity index is 2.19. The first-order chi connectivity index (χ1) is 7.39. The topological polar surface area (TPSA) is 26.0 Å². The van der Waals surface area contributed by atoms with E-state index in [1.807, 2.05) is 6.92 Å². The Morgan fingerprint density at radius 3 is 2.56 bits per heavy atom. The summed E-state index contributed by atoms with van der Waals surface area (Å²) in [5.74, 6) is 0.547. The van der Waals surface area contributed by atoms with E-state index < -0.39 is 11.7 Å². The van der Waals surface area contributed by atoms with Crippen molar-refractivity contribution in [1.82, 2.24) is 0 Å². The van der Waals surface area contributed by atoms with E-state index in [1.165, 1.54) is 12.1 Å². The summed E-state index contributed by atoms with van der Waals surface area (Å²) in [7, 11) is 0. The van der Waals surface area contributed by atoms with E-state index in [1.54, 1.807) is 6.07 Å². The number of halogens is 3. The van der Waals surface area contributed by atoms with Crippen LogP contribution < -0.4 is 5.73 Å². The second-order valence-electron chi connectivity index (χ2n) is 4.49. The van der Waals surface area contributed by atoms with Gasteiger partial charge in [-0.25, -0.2) is 0 Å². The van der Waals surface area contributed by atoms with Gasteiger partial charge in [-0.1, -0.05) is 18.2 Å². The monoisotopic (exact) mass is 229 g/mol. The number of alkyl halides is 3. The predicted octanol–water partition coefficient (Wildman–Crippen LogP) is 3.16. The Labute approximate surface area is 92.5 Å². The molecule has 1 saturated carbocycles. The smallest absolute Gasteiger partial charge is 0.328 e. The van der Waals surface area contributed by atoms with Crippen molar-refractivity contribution in [2.45, 2.75) is 31.5 Å². The third-order valence-corrected chi connectivity index (χ3v) is 3.16. The lowest BCUT2D eigenvalue weighted by Gasteiger charge is -2.09.